The van der Waals surface area contributed by atoms with Gasteiger partial charge in [-0.1, -0.05) is 48.6 Å². The van der Waals surface area contributed by atoms with E-state index in [9.17, 15) is 19.8 Å². The van der Waals surface area contributed by atoms with Gasteiger partial charge in [0.2, 0.25) is 5.78 Å². The fourth-order valence-electron chi connectivity index (χ4n) is 1.44. The highest BCUT2D eigenvalue weighted by atomic mass is 16.6. The third-order valence-corrected chi connectivity index (χ3v) is 2.47. The van der Waals surface area contributed by atoms with Gasteiger partial charge in [0.05, 0.1) is 0 Å². The first-order chi connectivity index (χ1) is 10.1. The van der Waals surface area contributed by atoms with E-state index in [2.05, 4.69) is 0 Å². The van der Waals surface area contributed by atoms with Crippen molar-refractivity contribution in [2.45, 2.75) is 32.2 Å². The van der Waals surface area contributed by atoms with Crippen LogP contribution in [0.4, 0.5) is 0 Å². The van der Waals surface area contributed by atoms with E-state index in [1.807, 2.05) is 30.3 Å². The van der Waals surface area contributed by atoms with Crippen molar-refractivity contribution in [2.75, 3.05) is 0 Å². The number of hydrogen-bond donors (Lipinski definition) is 2. The molecule has 0 heterocycles. The van der Waals surface area contributed by atoms with Crippen LogP contribution in [-0.2, 0) is 14.3 Å². The minimum Gasteiger partial charge on any atom is -0.456 e. The standard InChI is InChI=1S/C17H20O5/c1-16(2,3)22-15(19)17(20,21)14(18)12-8-7-11-13-9-5-4-6-10-13/h4-12,20-21H,1-3H3/b11-7+,12-8+. The summed E-state index contributed by atoms with van der Waals surface area (Å²) in [5.74, 6) is -5.76. The summed E-state index contributed by atoms with van der Waals surface area (Å²) in [6.45, 7) is 4.68. The SMILES string of the molecule is CC(C)(C)OC(=O)C(O)(O)C(=O)/C=C/C=C/c1ccccc1. The van der Waals surface area contributed by atoms with Crippen LogP contribution < -0.4 is 0 Å². The zero-order valence-electron chi connectivity index (χ0n) is 12.8. The molecule has 1 aromatic rings. The van der Waals surface area contributed by atoms with E-state index in [1.54, 1.807) is 32.9 Å². The Morgan fingerprint density at radius 2 is 1.64 bits per heavy atom. The lowest BCUT2D eigenvalue weighted by Crippen LogP contribution is -2.49. The van der Waals surface area contributed by atoms with Crippen LogP contribution in [-0.4, -0.2) is 33.4 Å². The van der Waals surface area contributed by atoms with Crippen LogP contribution in [0.2, 0.25) is 0 Å². The molecule has 0 aliphatic heterocycles. The van der Waals surface area contributed by atoms with Crippen LogP contribution in [0.3, 0.4) is 0 Å². The van der Waals surface area contributed by atoms with Crippen LogP contribution in [0.1, 0.15) is 26.3 Å². The lowest BCUT2D eigenvalue weighted by atomic mass is 10.1. The van der Waals surface area contributed by atoms with Gasteiger partial charge in [-0.2, -0.15) is 0 Å². The van der Waals surface area contributed by atoms with E-state index in [4.69, 9.17) is 4.74 Å². The van der Waals surface area contributed by atoms with Gasteiger partial charge in [-0.15, -0.1) is 0 Å². The molecule has 0 saturated carbocycles. The maximum Gasteiger partial charge on any atom is 0.375 e. The highest BCUT2D eigenvalue weighted by molar-refractivity contribution is 6.10. The topological polar surface area (TPSA) is 83.8 Å². The molecule has 1 aromatic carbocycles. The van der Waals surface area contributed by atoms with Gasteiger partial charge in [-0.05, 0) is 32.4 Å². The molecule has 0 fully saturated rings. The molecule has 0 aromatic heterocycles. The Balaban J connectivity index is 2.68. The van der Waals surface area contributed by atoms with Crippen molar-refractivity contribution in [3.63, 3.8) is 0 Å². The van der Waals surface area contributed by atoms with Gasteiger partial charge in [0, 0.05) is 0 Å². The summed E-state index contributed by atoms with van der Waals surface area (Å²) in [4.78, 5) is 23.3. The predicted octanol–water partition coefficient (Wildman–Crippen LogP) is 1.85. The number of benzene rings is 1. The van der Waals surface area contributed by atoms with Crippen LogP contribution in [0.5, 0.6) is 0 Å². The van der Waals surface area contributed by atoms with Gasteiger partial charge in [-0.25, -0.2) is 4.79 Å². The molecule has 0 aliphatic carbocycles. The molecule has 0 radical (unpaired) electrons. The number of ether oxygens (including phenoxy) is 1. The molecule has 0 saturated heterocycles. The van der Waals surface area contributed by atoms with Crippen molar-refractivity contribution in [3.05, 3.63) is 54.1 Å². The van der Waals surface area contributed by atoms with Crippen molar-refractivity contribution >= 4 is 17.8 Å². The molecular weight excluding hydrogens is 284 g/mol. The molecule has 0 atom stereocenters. The highest BCUT2D eigenvalue weighted by Gasteiger charge is 2.43. The molecule has 1 rings (SSSR count). The molecule has 0 spiro atoms. The summed E-state index contributed by atoms with van der Waals surface area (Å²) in [5, 5.41) is 19.2. The van der Waals surface area contributed by atoms with Crippen LogP contribution in [0.25, 0.3) is 6.08 Å². The molecule has 0 amide bonds. The first-order valence-corrected chi connectivity index (χ1v) is 6.75. The van der Waals surface area contributed by atoms with Gasteiger partial charge in [0.15, 0.2) is 0 Å². The second-order valence-electron chi connectivity index (χ2n) is 5.67. The normalized spacial score (nSPS) is 12.8. The maximum atomic E-state index is 11.7. The van der Waals surface area contributed by atoms with Gasteiger partial charge in [0.25, 0.3) is 0 Å². The molecule has 5 heteroatoms. The van der Waals surface area contributed by atoms with Gasteiger partial charge < -0.3 is 14.9 Å². The number of esters is 1. The Hall–Kier alpha value is -2.24. The minimum absolute atomic E-state index is 0.906. The molecule has 0 unspecified atom stereocenters. The Labute approximate surface area is 129 Å². The van der Waals surface area contributed by atoms with E-state index < -0.39 is 23.1 Å². The number of aliphatic hydroxyl groups is 2. The molecule has 2 N–H and O–H groups in total. The molecule has 5 nitrogen and oxygen atoms in total. The third-order valence-electron chi connectivity index (χ3n) is 2.47. The second kappa shape index (κ2) is 7.15. The smallest absolute Gasteiger partial charge is 0.375 e. The number of carbonyl (C=O) groups is 2. The second-order valence-corrected chi connectivity index (χ2v) is 5.67. The minimum atomic E-state index is -3.19. The maximum absolute atomic E-state index is 11.7. The van der Waals surface area contributed by atoms with Crippen LogP contribution in [0.15, 0.2) is 48.6 Å². The van der Waals surface area contributed by atoms with E-state index in [0.29, 0.717) is 0 Å². The number of allylic oxidation sites excluding steroid dienone is 2. The van der Waals surface area contributed by atoms with E-state index in [0.717, 1.165) is 11.6 Å². The summed E-state index contributed by atoms with van der Waals surface area (Å²) in [6, 6.07) is 9.35. The summed E-state index contributed by atoms with van der Waals surface area (Å²) >= 11 is 0. The Morgan fingerprint density at radius 1 is 1.05 bits per heavy atom. The quantitative estimate of drug-likeness (QED) is 0.285. The fourth-order valence-corrected chi connectivity index (χ4v) is 1.44. The zero-order chi connectivity index (χ0) is 16.8. The van der Waals surface area contributed by atoms with E-state index >= 15 is 0 Å². The summed E-state index contributed by atoms with van der Waals surface area (Å²) in [7, 11) is 0. The predicted molar refractivity (Wildman–Crippen MR) is 82.6 cm³/mol. The Bertz CT molecular complexity index is 577. The lowest BCUT2D eigenvalue weighted by Gasteiger charge is -2.24. The number of carbonyl (C=O) groups excluding carboxylic acids is 2. The van der Waals surface area contributed by atoms with Crippen molar-refractivity contribution in [3.8, 4) is 0 Å². The molecule has 0 bridgehead atoms. The van der Waals surface area contributed by atoms with E-state index in [1.165, 1.54) is 6.08 Å². The first kappa shape index (κ1) is 17.8. The Kier molecular flexibility index (Phi) is 5.79. The average Bonchev–Trinajstić information content (AvgIpc) is 2.42. The third kappa shape index (κ3) is 5.63. The number of ketones is 1. The van der Waals surface area contributed by atoms with Crippen LogP contribution in [0, 0.1) is 0 Å². The average molecular weight is 304 g/mol. The van der Waals surface area contributed by atoms with Gasteiger partial charge in [0.1, 0.15) is 5.60 Å². The summed E-state index contributed by atoms with van der Waals surface area (Å²) in [6.07, 6.45) is 5.51. The summed E-state index contributed by atoms with van der Waals surface area (Å²) in [5.41, 5.74) is -0.00337. The van der Waals surface area contributed by atoms with Gasteiger partial charge >= 0.3 is 11.8 Å². The molecule has 0 aliphatic rings. The van der Waals surface area contributed by atoms with Crippen molar-refractivity contribution in [2.24, 2.45) is 0 Å². The van der Waals surface area contributed by atoms with Crippen LogP contribution >= 0.6 is 0 Å². The number of hydrogen-bond acceptors (Lipinski definition) is 5. The van der Waals surface area contributed by atoms with Crippen molar-refractivity contribution in [1.29, 1.82) is 0 Å². The van der Waals surface area contributed by atoms with Gasteiger partial charge in [-0.3, -0.25) is 4.79 Å². The molecular formula is C17H20O5. The monoisotopic (exact) mass is 304 g/mol. The molecule has 22 heavy (non-hydrogen) atoms. The molecule has 118 valence electrons. The largest absolute Gasteiger partial charge is 0.456 e. The number of rotatable bonds is 5. The fraction of sp³-hybridized carbons (Fsp3) is 0.294. The van der Waals surface area contributed by atoms with Crippen molar-refractivity contribution < 1.29 is 24.5 Å². The van der Waals surface area contributed by atoms with Crippen molar-refractivity contribution in [1.82, 2.24) is 0 Å². The highest BCUT2D eigenvalue weighted by Crippen LogP contribution is 2.14. The lowest BCUT2D eigenvalue weighted by molar-refractivity contribution is -0.214. The zero-order valence-corrected chi connectivity index (χ0v) is 12.8. The van der Waals surface area contributed by atoms with E-state index in [-0.39, 0.29) is 0 Å². The summed E-state index contributed by atoms with van der Waals surface area (Å²) < 4.78 is 4.79. The Morgan fingerprint density at radius 3 is 2.18 bits per heavy atom. The first-order valence-electron chi connectivity index (χ1n) is 6.75.